The van der Waals surface area contributed by atoms with E-state index in [-0.39, 0.29) is 29.2 Å². The minimum Gasteiger partial charge on any atom is -0.481 e. The van der Waals surface area contributed by atoms with Crippen molar-refractivity contribution in [2.75, 3.05) is 0 Å². The van der Waals surface area contributed by atoms with Crippen LogP contribution in [0.25, 0.3) is 0 Å². The lowest BCUT2D eigenvalue weighted by Gasteiger charge is -2.31. The minimum atomic E-state index is -1.35. The van der Waals surface area contributed by atoms with Gasteiger partial charge in [0.25, 0.3) is 5.91 Å². The zero-order chi connectivity index (χ0) is 37.6. The number of hydrogen-bond donors (Lipinski definition) is 8. The van der Waals surface area contributed by atoms with E-state index in [0.29, 0.717) is 12.8 Å². The molecule has 0 spiro atoms. The van der Waals surface area contributed by atoms with E-state index < -0.39 is 90.8 Å². The number of carbonyl (C=O) groups is 6. The highest BCUT2D eigenvalue weighted by molar-refractivity contribution is 6.00. The van der Waals surface area contributed by atoms with Crippen molar-refractivity contribution >= 4 is 35.5 Å². The molecule has 0 fully saturated rings. The van der Waals surface area contributed by atoms with Gasteiger partial charge in [0, 0.05) is 0 Å². The van der Waals surface area contributed by atoms with Gasteiger partial charge in [-0.2, -0.15) is 0 Å². The number of aliphatic hydroxyl groups excluding tert-OH is 2. The Morgan fingerprint density at radius 3 is 1.57 bits per heavy atom. The lowest BCUT2D eigenvalue weighted by Crippen LogP contribution is -2.59. The van der Waals surface area contributed by atoms with Crippen LogP contribution in [0.1, 0.15) is 88.0 Å². The summed E-state index contributed by atoms with van der Waals surface area (Å²) in [5.74, 6) is -4.75. The Labute approximate surface area is 289 Å². The molecule has 8 N–H and O–H groups in total. The van der Waals surface area contributed by atoms with Crippen molar-refractivity contribution in [3.8, 4) is 0 Å². The first kappa shape index (κ1) is 43.0. The molecule has 0 saturated heterocycles. The summed E-state index contributed by atoms with van der Waals surface area (Å²) in [5.41, 5.74) is 3.07. The number of carboxylic acids is 1. The maximum absolute atomic E-state index is 13.5. The Hall–Kier alpha value is -4.00. The van der Waals surface area contributed by atoms with Crippen molar-refractivity contribution in [3.05, 3.63) is 29.5 Å². The van der Waals surface area contributed by atoms with Crippen LogP contribution in [0.2, 0.25) is 0 Å². The topological polar surface area (TPSA) is 223 Å². The largest absolute Gasteiger partial charge is 0.481 e. The average molecular weight is 692 g/mol. The summed E-state index contributed by atoms with van der Waals surface area (Å²) in [5, 5.41) is 43.8. The smallest absolute Gasteiger partial charge is 0.306 e. The molecule has 1 rings (SSSR count). The number of nitrogens with one attached hydrogen (secondary N) is 5. The minimum absolute atomic E-state index is 0.00319. The van der Waals surface area contributed by atoms with Gasteiger partial charge in [-0.1, -0.05) is 61.5 Å². The summed E-state index contributed by atoms with van der Waals surface area (Å²) in [7, 11) is 0. The molecular formula is C35H57N5O9. The molecule has 0 bridgehead atoms. The van der Waals surface area contributed by atoms with Gasteiger partial charge in [-0.3, -0.25) is 28.8 Å². The van der Waals surface area contributed by atoms with E-state index in [2.05, 4.69) is 32.3 Å². The number of amides is 5. The van der Waals surface area contributed by atoms with E-state index in [0.717, 1.165) is 0 Å². The first-order valence-electron chi connectivity index (χ1n) is 17.0. The number of carboxylic acid groups (broad SMARTS) is 1. The molecule has 0 heterocycles. The summed E-state index contributed by atoms with van der Waals surface area (Å²) in [6.07, 6.45) is 1.75. The van der Waals surface area contributed by atoms with Crippen molar-refractivity contribution in [3.63, 3.8) is 0 Å². The fourth-order valence-corrected chi connectivity index (χ4v) is 5.24. The van der Waals surface area contributed by atoms with Crippen LogP contribution in [0, 0.1) is 23.7 Å². The number of carbonyl (C=O) groups excluding carboxylic acids is 5. The second-order valence-electron chi connectivity index (χ2n) is 14.2. The van der Waals surface area contributed by atoms with Crippen molar-refractivity contribution in [1.82, 2.24) is 26.6 Å². The molecule has 0 aromatic heterocycles. The lowest BCUT2D eigenvalue weighted by molar-refractivity contribution is -0.140. The summed E-state index contributed by atoms with van der Waals surface area (Å²) in [4.78, 5) is 76.3. The highest BCUT2D eigenvalue weighted by Gasteiger charge is 2.34. The summed E-state index contributed by atoms with van der Waals surface area (Å²) < 4.78 is 0. The first-order valence-corrected chi connectivity index (χ1v) is 17.0. The molecule has 0 unspecified atom stereocenters. The molecule has 276 valence electrons. The Balaban J connectivity index is 2.95. The monoisotopic (exact) mass is 691 g/mol. The van der Waals surface area contributed by atoms with E-state index in [1.54, 1.807) is 45.9 Å². The van der Waals surface area contributed by atoms with Gasteiger partial charge in [0.05, 0.1) is 42.7 Å². The van der Waals surface area contributed by atoms with Crippen molar-refractivity contribution < 1.29 is 44.1 Å². The molecular weight excluding hydrogens is 634 g/mol. The summed E-state index contributed by atoms with van der Waals surface area (Å²) in [6.45, 7) is 15.9. The molecule has 14 heteroatoms. The van der Waals surface area contributed by atoms with E-state index in [1.165, 1.54) is 6.92 Å². The van der Waals surface area contributed by atoms with Crippen LogP contribution in [0.15, 0.2) is 29.5 Å². The highest BCUT2D eigenvalue weighted by Crippen LogP contribution is 2.15. The highest BCUT2D eigenvalue weighted by atomic mass is 16.4. The third kappa shape index (κ3) is 15.4. The van der Waals surface area contributed by atoms with Crippen LogP contribution in [0.5, 0.6) is 0 Å². The van der Waals surface area contributed by atoms with Gasteiger partial charge in [-0.25, -0.2) is 0 Å². The Morgan fingerprint density at radius 1 is 0.653 bits per heavy atom. The molecule has 14 nitrogen and oxygen atoms in total. The second-order valence-corrected chi connectivity index (χ2v) is 14.2. The molecule has 1 aliphatic rings. The van der Waals surface area contributed by atoms with Crippen LogP contribution >= 0.6 is 0 Å². The zero-order valence-corrected chi connectivity index (χ0v) is 30.2. The quantitative estimate of drug-likeness (QED) is 0.0806. The van der Waals surface area contributed by atoms with E-state index in [1.807, 2.05) is 27.7 Å². The average Bonchev–Trinajstić information content (AvgIpc) is 3.51. The van der Waals surface area contributed by atoms with Gasteiger partial charge in [0.1, 0.15) is 18.1 Å². The Kier molecular flexibility index (Phi) is 18.0. The fraction of sp³-hybridized carbons (Fsp3) is 0.686. The van der Waals surface area contributed by atoms with Gasteiger partial charge >= 0.3 is 5.97 Å². The van der Waals surface area contributed by atoms with Crippen LogP contribution in [-0.4, -0.2) is 93.2 Å². The van der Waals surface area contributed by atoms with E-state index >= 15 is 0 Å². The Bertz CT molecular complexity index is 1270. The van der Waals surface area contributed by atoms with E-state index in [4.69, 9.17) is 5.11 Å². The molecule has 7 atom stereocenters. The number of aliphatic hydroxyl groups is 2. The third-order valence-electron chi connectivity index (χ3n) is 7.91. The molecule has 49 heavy (non-hydrogen) atoms. The zero-order valence-electron chi connectivity index (χ0n) is 30.2. The van der Waals surface area contributed by atoms with Crippen LogP contribution in [-0.2, 0) is 28.8 Å². The normalized spacial score (nSPS) is 16.8. The molecule has 1 aliphatic carbocycles. The van der Waals surface area contributed by atoms with Gasteiger partial charge in [-0.05, 0) is 55.6 Å². The van der Waals surface area contributed by atoms with Gasteiger partial charge < -0.3 is 41.9 Å². The number of aliphatic carboxylic acids is 1. The molecule has 0 aromatic rings. The second kappa shape index (κ2) is 20.5. The molecule has 0 saturated carbocycles. The molecule has 0 aromatic carbocycles. The summed E-state index contributed by atoms with van der Waals surface area (Å²) in [6, 6.07) is -4.76. The number of rotatable bonds is 21. The fourth-order valence-electron chi connectivity index (χ4n) is 5.24. The maximum Gasteiger partial charge on any atom is 0.306 e. The van der Waals surface area contributed by atoms with Crippen molar-refractivity contribution in [2.24, 2.45) is 23.7 Å². The van der Waals surface area contributed by atoms with Gasteiger partial charge in [0.2, 0.25) is 23.6 Å². The third-order valence-corrected chi connectivity index (χ3v) is 7.91. The van der Waals surface area contributed by atoms with Crippen molar-refractivity contribution in [1.29, 1.82) is 0 Å². The predicted octanol–water partition coefficient (Wildman–Crippen LogP) is 1.07. The van der Waals surface area contributed by atoms with Crippen LogP contribution in [0.3, 0.4) is 0 Å². The summed E-state index contributed by atoms with van der Waals surface area (Å²) >= 11 is 0. The molecule has 0 aliphatic heterocycles. The lowest BCUT2D eigenvalue weighted by atomic mass is 9.95. The van der Waals surface area contributed by atoms with E-state index in [9.17, 15) is 39.0 Å². The van der Waals surface area contributed by atoms with Crippen LogP contribution < -0.4 is 26.6 Å². The SMILES string of the molecule is CC(C)C[C@H](NC(=O)[C@H](C)NC(=O)C[C@H](O)[C@H](CC(C)C)NC(=O)[C@@H](NC(=O)[C@@H](NC(=O)C1=C=CC=C1)C(C)C)C(C)C)[C@@H](O)CC(=O)O. The predicted molar refractivity (Wildman–Crippen MR) is 184 cm³/mol. The Morgan fingerprint density at radius 2 is 1.12 bits per heavy atom. The standard InChI is InChI=1S/C35H57N5O9/c1-18(2)14-24(26(41)16-28(43)36-22(9)32(46)37-25(15-19(3)4)27(42)17-29(44)45)38-34(48)30(20(5)6)40-35(49)31(21(7)8)39-33(47)23-12-10-11-13-23/h10-12,18-22,24-27,30-31,41-42H,14-17H2,1-9H3,(H,36,43)(H,37,46)(H,38,48)(H,39,47)(H,40,49)(H,44,45)/t22-,24-,25-,26-,27-,30-,31-/m0/s1. The van der Waals surface area contributed by atoms with Gasteiger partial charge in [-0.15, -0.1) is 5.73 Å². The first-order chi connectivity index (χ1) is 22.7. The van der Waals surface area contributed by atoms with Gasteiger partial charge in [0.15, 0.2) is 0 Å². The maximum atomic E-state index is 13.5. The molecule has 0 radical (unpaired) electrons. The number of hydrogen-bond acceptors (Lipinski definition) is 8. The van der Waals surface area contributed by atoms with Crippen molar-refractivity contribution in [2.45, 2.75) is 130 Å². The molecule has 5 amide bonds. The number of allylic oxidation sites excluding steroid dienone is 1. The van der Waals surface area contributed by atoms with Crippen LogP contribution in [0.4, 0.5) is 0 Å².